The fourth-order valence-electron chi connectivity index (χ4n) is 2.61. The van der Waals surface area contributed by atoms with Crippen LogP contribution in [-0.2, 0) is 4.79 Å². The summed E-state index contributed by atoms with van der Waals surface area (Å²) in [6, 6.07) is -0.384. The summed E-state index contributed by atoms with van der Waals surface area (Å²) in [5.41, 5.74) is 0. The number of nitrogens with one attached hydrogen (secondary N) is 1. The maximum atomic E-state index is 12.3. The number of carboxylic acids is 1. The van der Waals surface area contributed by atoms with Crippen molar-refractivity contribution in [3.63, 3.8) is 0 Å². The van der Waals surface area contributed by atoms with Gasteiger partial charge in [0.25, 0.3) is 0 Å². The molecule has 1 aromatic heterocycles. The molecule has 2 N–H and O–H groups in total. The van der Waals surface area contributed by atoms with Crippen LogP contribution in [0.25, 0.3) is 0 Å². The van der Waals surface area contributed by atoms with Gasteiger partial charge in [0.1, 0.15) is 5.01 Å². The van der Waals surface area contributed by atoms with Crippen LogP contribution in [0, 0.1) is 18.8 Å². The summed E-state index contributed by atoms with van der Waals surface area (Å²) in [7, 11) is 0. The molecule has 6 nitrogen and oxygen atoms in total. The fraction of sp³-hybridized carbons (Fsp3) is 0.643. The number of aromatic nitrogens is 1. The Bertz CT molecular complexity index is 531. The molecule has 1 aromatic rings. The number of hydrogen-bond acceptors (Lipinski definition) is 4. The number of carbonyl (C=O) groups is 2. The second kappa shape index (κ2) is 6.43. The first-order valence-electron chi connectivity index (χ1n) is 7.07. The van der Waals surface area contributed by atoms with Crippen molar-refractivity contribution in [2.24, 2.45) is 11.8 Å². The zero-order valence-corrected chi connectivity index (χ0v) is 13.3. The van der Waals surface area contributed by atoms with Crippen molar-refractivity contribution in [2.45, 2.75) is 33.2 Å². The van der Waals surface area contributed by atoms with E-state index in [1.807, 2.05) is 20.8 Å². The van der Waals surface area contributed by atoms with Gasteiger partial charge in [0, 0.05) is 24.2 Å². The average Bonchev–Trinajstić information content (AvgIpc) is 2.84. The Hall–Kier alpha value is -1.63. The molecule has 1 aliphatic heterocycles. The molecule has 7 heteroatoms. The molecule has 21 heavy (non-hydrogen) atoms. The zero-order valence-electron chi connectivity index (χ0n) is 12.5. The molecule has 1 aliphatic rings. The quantitative estimate of drug-likeness (QED) is 0.897. The molecule has 0 aromatic carbocycles. The minimum absolute atomic E-state index is 0.170. The van der Waals surface area contributed by atoms with Gasteiger partial charge in [-0.2, -0.15) is 0 Å². The van der Waals surface area contributed by atoms with E-state index in [2.05, 4.69) is 10.3 Å². The molecule has 3 atom stereocenters. The largest absolute Gasteiger partial charge is 0.481 e. The van der Waals surface area contributed by atoms with Crippen molar-refractivity contribution < 1.29 is 14.7 Å². The van der Waals surface area contributed by atoms with Crippen LogP contribution in [0.5, 0.6) is 0 Å². The molecule has 0 saturated carbocycles. The molecule has 1 fully saturated rings. The average molecular weight is 311 g/mol. The van der Waals surface area contributed by atoms with E-state index < -0.39 is 11.9 Å². The van der Waals surface area contributed by atoms with Crippen LogP contribution in [-0.4, -0.2) is 40.1 Å². The highest BCUT2D eigenvalue weighted by Gasteiger charge is 2.32. The van der Waals surface area contributed by atoms with Crippen LogP contribution in [0.15, 0.2) is 6.20 Å². The van der Waals surface area contributed by atoms with E-state index in [4.69, 9.17) is 5.11 Å². The minimum atomic E-state index is -0.831. The molecule has 0 bridgehead atoms. The lowest BCUT2D eigenvalue weighted by atomic mass is 9.91. The molecule has 1 saturated heterocycles. The molecule has 0 spiro atoms. The Labute approximate surface area is 128 Å². The summed E-state index contributed by atoms with van der Waals surface area (Å²) in [5.74, 6) is -1.11. The normalized spacial score (nSPS) is 23.7. The van der Waals surface area contributed by atoms with E-state index in [-0.39, 0.29) is 24.5 Å². The highest BCUT2D eigenvalue weighted by molar-refractivity contribution is 7.11. The Morgan fingerprint density at radius 3 is 2.81 bits per heavy atom. The number of hydrogen-bond donors (Lipinski definition) is 2. The number of urea groups is 1. The molecule has 3 unspecified atom stereocenters. The summed E-state index contributed by atoms with van der Waals surface area (Å²) >= 11 is 1.55. The van der Waals surface area contributed by atoms with Gasteiger partial charge in [-0.25, -0.2) is 9.78 Å². The van der Waals surface area contributed by atoms with Gasteiger partial charge >= 0.3 is 12.0 Å². The van der Waals surface area contributed by atoms with E-state index in [1.165, 1.54) is 0 Å². The Kier molecular flexibility index (Phi) is 4.82. The number of likely N-dealkylation sites (tertiary alicyclic amines) is 1. The number of amides is 2. The van der Waals surface area contributed by atoms with E-state index in [1.54, 1.807) is 22.4 Å². The number of aliphatic carboxylic acids is 1. The van der Waals surface area contributed by atoms with Crippen LogP contribution in [0.3, 0.4) is 0 Å². The molecule has 0 radical (unpaired) electrons. The van der Waals surface area contributed by atoms with Gasteiger partial charge in [0.05, 0.1) is 12.0 Å². The summed E-state index contributed by atoms with van der Waals surface area (Å²) in [5, 5.41) is 12.9. The number of piperidine rings is 1. The third-order valence-electron chi connectivity index (χ3n) is 3.65. The number of nitrogens with zero attached hydrogens (tertiary/aromatic N) is 2. The Morgan fingerprint density at radius 2 is 2.24 bits per heavy atom. The van der Waals surface area contributed by atoms with Gasteiger partial charge in [-0.05, 0) is 26.2 Å². The van der Waals surface area contributed by atoms with Crippen LogP contribution < -0.4 is 5.32 Å². The lowest BCUT2D eigenvalue weighted by molar-refractivity contribution is -0.143. The Balaban J connectivity index is 1.97. The zero-order chi connectivity index (χ0) is 15.6. The smallest absolute Gasteiger partial charge is 0.317 e. The SMILES string of the molecule is Cc1cnc(C(C)NC(=O)N2CC(C)CC(C(=O)O)C2)s1. The highest BCUT2D eigenvalue weighted by Crippen LogP contribution is 2.23. The third-order valence-corrected chi connectivity index (χ3v) is 4.74. The second-order valence-electron chi connectivity index (χ2n) is 5.76. The molecule has 2 amide bonds. The standard InChI is InChI=1S/C14H21N3O3S/c1-8-4-11(13(18)19)7-17(6-8)14(20)16-10(3)12-15-5-9(2)21-12/h5,8,10-11H,4,6-7H2,1-3H3,(H,16,20)(H,18,19). The molecular formula is C14H21N3O3S. The third kappa shape index (κ3) is 3.93. The maximum absolute atomic E-state index is 12.3. The van der Waals surface area contributed by atoms with Crippen molar-refractivity contribution in [3.05, 3.63) is 16.1 Å². The molecule has 2 heterocycles. The monoisotopic (exact) mass is 311 g/mol. The first kappa shape index (κ1) is 15.8. The van der Waals surface area contributed by atoms with Gasteiger partial charge < -0.3 is 15.3 Å². The van der Waals surface area contributed by atoms with E-state index in [0.29, 0.717) is 13.0 Å². The number of thiazole rings is 1. The molecular weight excluding hydrogens is 290 g/mol. The predicted molar refractivity (Wildman–Crippen MR) is 80.3 cm³/mol. The van der Waals surface area contributed by atoms with Crippen molar-refractivity contribution in [1.29, 1.82) is 0 Å². The lowest BCUT2D eigenvalue weighted by Gasteiger charge is -2.35. The van der Waals surface area contributed by atoms with Crippen LogP contribution in [0.2, 0.25) is 0 Å². The van der Waals surface area contributed by atoms with E-state index in [0.717, 1.165) is 9.88 Å². The van der Waals surface area contributed by atoms with Crippen molar-refractivity contribution in [3.8, 4) is 0 Å². The van der Waals surface area contributed by atoms with E-state index >= 15 is 0 Å². The first-order valence-corrected chi connectivity index (χ1v) is 7.89. The number of carboxylic acid groups (broad SMARTS) is 1. The second-order valence-corrected chi connectivity index (χ2v) is 7.03. The van der Waals surface area contributed by atoms with Crippen molar-refractivity contribution >= 4 is 23.3 Å². The van der Waals surface area contributed by atoms with Gasteiger partial charge in [0.15, 0.2) is 0 Å². The van der Waals surface area contributed by atoms with Gasteiger partial charge in [-0.15, -0.1) is 11.3 Å². The number of carbonyl (C=O) groups excluding carboxylic acids is 1. The van der Waals surface area contributed by atoms with E-state index in [9.17, 15) is 9.59 Å². The van der Waals surface area contributed by atoms with Crippen molar-refractivity contribution in [1.82, 2.24) is 15.2 Å². The van der Waals surface area contributed by atoms with Gasteiger partial charge in [0.2, 0.25) is 0 Å². The molecule has 0 aliphatic carbocycles. The van der Waals surface area contributed by atoms with Crippen LogP contribution >= 0.6 is 11.3 Å². The fourth-order valence-corrected chi connectivity index (χ4v) is 3.38. The topological polar surface area (TPSA) is 82.5 Å². The van der Waals surface area contributed by atoms with Crippen LogP contribution in [0.4, 0.5) is 4.79 Å². The maximum Gasteiger partial charge on any atom is 0.317 e. The van der Waals surface area contributed by atoms with Gasteiger partial charge in [-0.3, -0.25) is 4.79 Å². The summed E-state index contributed by atoms with van der Waals surface area (Å²) in [6.07, 6.45) is 2.41. The lowest BCUT2D eigenvalue weighted by Crippen LogP contribution is -2.49. The number of rotatable bonds is 3. The minimum Gasteiger partial charge on any atom is -0.481 e. The Morgan fingerprint density at radius 1 is 1.52 bits per heavy atom. The van der Waals surface area contributed by atoms with Gasteiger partial charge in [-0.1, -0.05) is 6.92 Å². The van der Waals surface area contributed by atoms with Crippen molar-refractivity contribution in [2.75, 3.05) is 13.1 Å². The van der Waals surface area contributed by atoms with Crippen LogP contribution in [0.1, 0.15) is 36.2 Å². The molecule has 116 valence electrons. The summed E-state index contributed by atoms with van der Waals surface area (Å²) in [4.78, 5) is 30.4. The first-order chi connectivity index (χ1) is 9.86. The molecule has 2 rings (SSSR count). The summed E-state index contributed by atoms with van der Waals surface area (Å²) < 4.78 is 0. The predicted octanol–water partition coefficient (Wildman–Crippen LogP) is 2.26. The highest BCUT2D eigenvalue weighted by atomic mass is 32.1. The number of aryl methyl sites for hydroxylation is 1. The summed E-state index contributed by atoms with van der Waals surface area (Å²) in [6.45, 7) is 6.70.